The van der Waals surface area contributed by atoms with Crippen LogP contribution in [0.3, 0.4) is 0 Å². The van der Waals surface area contributed by atoms with Gasteiger partial charge in [-0.05, 0) is 31.0 Å². The molecule has 1 atom stereocenters. The first-order valence-corrected chi connectivity index (χ1v) is 5.14. The molecule has 2 N–H and O–H groups in total. The van der Waals surface area contributed by atoms with Gasteiger partial charge in [-0.2, -0.15) is 0 Å². The lowest BCUT2D eigenvalue weighted by Crippen LogP contribution is -2.16. The Balaban J connectivity index is 2.25. The van der Waals surface area contributed by atoms with E-state index in [4.69, 9.17) is 0 Å². The quantitative estimate of drug-likeness (QED) is 0.685. The number of aliphatic hydroxyl groups is 1. The van der Waals surface area contributed by atoms with E-state index in [-0.39, 0.29) is 6.10 Å². The van der Waals surface area contributed by atoms with Crippen molar-refractivity contribution in [3.63, 3.8) is 0 Å². The van der Waals surface area contributed by atoms with Crippen LogP contribution in [0.1, 0.15) is 24.3 Å². The van der Waals surface area contributed by atoms with Gasteiger partial charge in [0.1, 0.15) is 0 Å². The Morgan fingerprint density at radius 2 is 2.50 bits per heavy atom. The zero-order valence-electron chi connectivity index (χ0n) is 7.29. The molecule has 0 saturated carbocycles. The average Bonchev–Trinajstić information content (AvgIpc) is 2.56. The minimum absolute atomic E-state index is 0.288. The molecule has 2 nitrogen and oxygen atoms in total. The fraction of sp³-hybridized carbons (Fsp3) is 0.556. The van der Waals surface area contributed by atoms with Gasteiger partial charge in [-0.15, -0.1) is 11.3 Å². The second kappa shape index (κ2) is 5.30. The van der Waals surface area contributed by atoms with Crippen molar-refractivity contribution in [2.24, 2.45) is 0 Å². The number of thiophene rings is 1. The van der Waals surface area contributed by atoms with E-state index >= 15 is 0 Å². The van der Waals surface area contributed by atoms with Gasteiger partial charge in [0.15, 0.2) is 0 Å². The maximum Gasteiger partial charge on any atom is 0.0894 e. The van der Waals surface area contributed by atoms with Crippen LogP contribution in [-0.4, -0.2) is 18.2 Å². The molecule has 0 aliphatic rings. The van der Waals surface area contributed by atoms with Crippen molar-refractivity contribution >= 4 is 11.3 Å². The minimum Gasteiger partial charge on any atom is -0.388 e. The van der Waals surface area contributed by atoms with Gasteiger partial charge in [0.05, 0.1) is 6.10 Å². The minimum atomic E-state index is -0.288. The summed E-state index contributed by atoms with van der Waals surface area (Å²) in [6, 6.07) is 3.94. The molecule has 68 valence electrons. The van der Waals surface area contributed by atoms with E-state index in [9.17, 15) is 5.11 Å². The molecule has 0 aliphatic carbocycles. The fourth-order valence-electron chi connectivity index (χ4n) is 1.04. The topological polar surface area (TPSA) is 32.3 Å². The molecule has 12 heavy (non-hydrogen) atoms. The summed E-state index contributed by atoms with van der Waals surface area (Å²) in [4.78, 5) is 1.06. The van der Waals surface area contributed by atoms with E-state index in [1.54, 1.807) is 11.3 Å². The summed E-state index contributed by atoms with van der Waals surface area (Å²) >= 11 is 1.61. The van der Waals surface area contributed by atoms with Crippen molar-refractivity contribution in [3.8, 4) is 0 Å². The molecule has 0 aliphatic heterocycles. The third-order valence-electron chi connectivity index (χ3n) is 1.72. The van der Waals surface area contributed by atoms with Crippen LogP contribution in [0.15, 0.2) is 17.5 Å². The second-order valence-corrected chi connectivity index (χ2v) is 3.65. The fourth-order valence-corrected chi connectivity index (χ4v) is 1.79. The Morgan fingerprint density at radius 3 is 3.08 bits per heavy atom. The normalized spacial score (nSPS) is 13.2. The van der Waals surface area contributed by atoms with Crippen LogP contribution < -0.4 is 5.32 Å². The number of hydrogen-bond acceptors (Lipinski definition) is 3. The number of aliphatic hydroxyl groups excluding tert-OH is 1. The van der Waals surface area contributed by atoms with E-state index in [0.29, 0.717) is 0 Å². The molecule has 0 amide bonds. The lowest BCUT2D eigenvalue weighted by atomic mass is 10.2. The van der Waals surface area contributed by atoms with Gasteiger partial charge in [-0.3, -0.25) is 0 Å². The van der Waals surface area contributed by atoms with Gasteiger partial charge in [-0.1, -0.05) is 13.0 Å². The Kier molecular flexibility index (Phi) is 4.29. The van der Waals surface area contributed by atoms with Gasteiger partial charge in [0.2, 0.25) is 0 Å². The monoisotopic (exact) mass is 185 g/mol. The zero-order valence-corrected chi connectivity index (χ0v) is 8.10. The van der Waals surface area contributed by atoms with Crippen molar-refractivity contribution in [2.45, 2.75) is 19.4 Å². The van der Waals surface area contributed by atoms with E-state index in [1.165, 1.54) is 0 Å². The molecule has 1 heterocycles. The SMILES string of the molecule is CCNCCC(O)c1cccs1. The molecule has 0 bridgehead atoms. The Labute approximate surface area is 77.2 Å². The molecule has 1 aromatic heterocycles. The van der Waals surface area contributed by atoms with Crippen molar-refractivity contribution in [1.82, 2.24) is 5.32 Å². The molecule has 1 aromatic rings. The molecular formula is C9H15NOS. The summed E-state index contributed by atoms with van der Waals surface area (Å²) in [5.74, 6) is 0. The first-order valence-electron chi connectivity index (χ1n) is 4.26. The van der Waals surface area contributed by atoms with Crippen molar-refractivity contribution in [2.75, 3.05) is 13.1 Å². The smallest absolute Gasteiger partial charge is 0.0894 e. The van der Waals surface area contributed by atoms with E-state index in [0.717, 1.165) is 24.4 Å². The van der Waals surface area contributed by atoms with E-state index in [2.05, 4.69) is 12.2 Å². The first kappa shape index (κ1) is 9.71. The molecule has 1 unspecified atom stereocenters. The lowest BCUT2D eigenvalue weighted by Gasteiger charge is -2.07. The van der Waals surface area contributed by atoms with Crippen LogP contribution in [0.5, 0.6) is 0 Å². The second-order valence-electron chi connectivity index (χ2n) is 2.67. The van der Waals surface area contributed by atoms with Crippen LogP contribution in [-0.2, 0) is 0 Å². The van der Waals surface area contributed by atoms with E-state index in [1.807, 2.05) is 17.5 Å². The number of hydrogen-bond donors (Lipinski definition) is 2. The third-order valence-corrected chi connectivity index (χ3v) is 2.69. The van der Waals surface area contributed by atoms with Crippen LogP contribution in [0.2, 0.25) is 0 Å². The predicted molar refractivity (Wildman–Crippen MR) is 52.4 cm³/mol. The lowest BCUT2D eigenvalue weighted by molar-refractivity contribution is 0.171. The largest absolute Gasteiger partial charge is 0.388 e. The summed E-state index contributed by atoms with van der Waals surface area (Å²) in [6.07, 6.45) is 0.512. The molecular weight excluding hydrogens is 170 g/mol. The molecule has 0 saturated heterocycles. The van der Waals surface area contributed by atoms with Gasteiger partial charge < -0.3 is 10.4 Å². The first-order chi connectivity index (χ1) is 5.84. The van der Waals surface area contributed by atoms with Crippen molar-refractivity contribution in [1.29, 1.82) is 0 Å². The van der Waals surface area contributed by atoms with Gasteiger partial charge in [0, 0.05) is 4.88 Å². The maximum atomic E-state index is 9.61. The highest BCUT2D eigenvalue weighted by Gasteiger charge is 2.06. The predicted octanol–water partition coefficient (Wildman–Crippen LogP) is 1.78. The van der Waals surface area contributed by atoms with Crippen LogP contribution in [0.25, 0.3) is 0 Å². The zero-order chi connectivity index (χ0) is 8.81. The van der Waals surface area contributed by atoms with Gasteiger partial charge in [0.25, 0.3) is 0 Å². The molecule has 0 fully saturated rings. The van der Waals surface area contributed by atoms with Gasteiger partial charge in [-0.25, -0.2) is 0 Å². The average molecular weight is 185 g/mol. The summed E-state index contributed by atoms with van der Waals surface area (Å²) < 4.78 is 0. The summed E-state index contributed by atoms with van der Waals surface area (Å²) in [6.45, 7) is 3.92. The van der Waals surface area contributed by atoms with Gasteiger partial charge >= 0.3 is 0 Å². The Morgan fingerprint density at radius 1 is 1.67 bits per heavy atom. The van der Waals surface area contributed by atoms with E-state index < -0.39 is 0 Å². The van der Waals surface area contributed by atoms with Crippen molar-refractivity contribution in [3.05, 3.63) is 22.4 Å². The standard InChI is InChI=1S/C9H15NOS/c1-2-10-6-5-8(11)9-4-3-7-12-9/h3-4,7-8,10-11H,2,5-6H2,1H3. The molecule has 0 spiro atoms. The highest BCUT2D eigenvalue weighted by atomic mass is 32.1. The summed E-state index contributed by atoms with van der Waals surface area (Å²) in [5, 5.41) is 14.8. The molecule has 1 rings (SSSR count). The number of rotatable bonds is 5. The van der Waals surface area contributed by atoms with Crippen LogP contribution in [0.4, 0.5) is 0 Å². The van der Waals surface area contributed by atoms with Crippen molar-refractivity contribution < 1.29 is 5.11 Å². The molecule has 0 aromatic carbocycles. The number of nitrogens with one attached hydrogen (secondary N) is 1. The molecule has 0 radical (unpaired) electrons. The summed E-state index contributed by atoms with van der Waals surface area (Å²) in [5.41, 5.74) is 0. The van der Waals surface area contributed by atoms with Crippen LogP contribution >= 0.6 is 11.3 Å². The maximum absolute atomic E-state index is 9.61. The highest BCUT2D eigenvalue weighted by molar-refractivity contribution is 7.10. The Hall–Kier alpha value is -0.380. The highest BCUT2D eigenvalue weighted by Crippen LogP contribution is 2.20. The van der Waals surface area contributed by atoms with Crippen LogP contribution in [0, 0.1) is 0 Å². The summed E-state index contributed by atoms with van der Waals surface area (Å²) in [7, 11) is 0. The molecule has 3 heteroatoms. The Bertz CT molecular complexity index is 198. The third kappa shape index (κ3) is 2.93.